The SMILES string of the molecule is Cc1cccc(NC(=O)/C(C#N)=C\c2ccc(OCC(=O)Nc3ccc(F)cc3)c(Cl)c2)c1C. The molecule has 3 aromatic rings. The van der Waals surface area contributed by atoms with Gasteiger partial charge in [-0.3, -0.25) is 9.59 Å². The van der Waals surface area contributed by atoms with Crippen LogP contribution in [0.25, 0.3) is 6.08 Å². The molecule has 0 heterocycles. The van der Waals surface area contributed by atoms with Crippen LogP contribution in [0.2, 0.25) is 5.02 Å². The van der Waals surface area contributed by atoms with Crippen LogP contribution < -0.4 is 15.4 Å². The normalized spacial score (nSPS) is 10.9. The predicted molar refractivity (Wildman–Crippen MR) is 130 cm³/mol. The molecule has 0 saturated heterocycles. The Bertz CT molecular complexity index is 1300. The number of nitriles is 1. The van der Waals surface area contributed by atoms with Crippen molar-refractivity contribution < 1.29 is 18.7 Å². The van der Waals surface area contributed by atoms with Crippen molar-refractivity contribution in [3.8, 4) is 11.8 Å². The maximum absolute atomic E-state index is 12.9. The zero-order chi connectivity index (χ0) is 24.7. The molecule has 0 radical (unpaired) electrons. The van der Waals surface area contributed by atoms with Gasteiger partial charge in [0, 0.05) is 11.4 Å². The molecular formula is C26H21ClFN3O3. The Morgan fingerprint density at radius 1 is 1.09 bits per heavy atom. The highest BCUT2D eigenvalue weighted by Crippen LogP contribution is 2.27. The predicted octanol–water partition coefficient (Wildman–Crippen LogP) is 5.66. The molecule has 0 saturated carbocycles. The summed E-state index contributed by atoms with van der Waals surface area (Å²) in [5, 5.41) is 15.0. The summed E-state index contributed by atoms with van der Waals surface area (Å²) in [6.07, 6.45) is 1.41. The van der Waals surface area contributed by atoms with Crippen molar-refractivity contribution in [2.75, 3.05) is 17.2 Å². The first kappa shape index (κ1) is 24.5. The van der Waals surface area contributed by atoms with Crippen LogP contribution in [-0.4, -0.2) is 18.4 Å². The highest BCUT2D eigenvalue weighted by molar-refractivity contribution is 6.32. The van der Waals surface area contributed by atoms with Gasteiger partial charge in [0.15, 0.2) is 6.61 Å². The number of halogens is 2. The van der Waals surface area contributed by atoms with Crippen molar-refractivity contribution in [2.45, 2.75) is 13.8 Å². The van der Waals surface area contributed by atoms with Gasteiger partial charge in [0.1, 0.15) is 23.2 Å². The molecule has 3 rings (SSSR count). The molecule has 3 aromatic carbocycles. The average Bonchev–Trinajstić information content (AvgIpc) is 2.81. The number of ether oxygens (including phenoxy) is 1. The first-order chi connectivity index (χ1) is 16.3. The van der Waals surface area contributed by atoms with E-state index in [-0.39, 0.29) is 23.0 Å². The molecule has 0 fully saturated rings. The molecule has 0 aliphatic heterocycles. The number of hydrogen-bond donors (Lipinski definition) is 2. The Morgan fingerprint density at radius 2 is 1.82 bits per heavy atom. The monoisotopic (exact) mass is 477 g/mol. The van der Waals surface area contributed by atoms with Gasteiger partial charge >= 0.3 is 0 Å². The Morgan fingerprint density at radius 3 is 2.50 bits per heavy atom. The Labute approximate surface area is 201 Å². The lowest BCUT2D eigenvalue weighted by Gasteiger charge is -2.10. The first-order valence-corrected chi connectivity index (χ1v) is 10.6. The summed E-state index contributed by atoms with van der Waals surface area (Å²) in [5.41, 5.74) is 3.43. The van der Waals surface area contributed by atoms with Crippen LogP contribution in [0.5, 0.6) is 5.75 Å². The molecule has 2 N–H and O–H groups in total. The summed E-state index contributed by atoms with van der Waals surface area (Å²) in [6.45, 7) is 3.51. The quantitative estimate of drug-likeness (QED) is 0.339. The summed E-state index contributed by atoms with van der Waals surface area (Å²) in [6, 6.07) is 17.4. The lowest BCUT2D eigenvalue weighted by Crippen LogP contribution is -2.20. The van der Waals surface area contributed by atoms with Crippen LogP contribution in [0.15, 0.2) is 66.2 Å². The number of anilines is 2. The summed E-state index contributed by atoms with van der Waals surface area (Å²) >= 11 is 6.25. The molecule has 0 atom stereocenters. The van der Waals surface area contributed by atoms with E-state index in [4.69, 9.17) is 16.3 Å². The van der Waals surface area contributed by atoms with Gasteiger partial charge in [-0.25, -0.2) is 4.39 Å². The standard InChI is InChI=1S/C26H21ClFN3O3/c1-16-4-3-5-23(17(16)2)31-26(33)19(14-29)12-18-6-11-24(22(27)13-18)34-15-25(32)30-21-9-7-20(28)8-10-21/h3-13H,15H2,1-2H3,(H,30,32)(H,31,33)/b19-12-. The van der Waals surface area contributed by atoms with Crippen LogP contribution >= 0.6 is 11.6 Å². The van der Waals surface area contributed by atoms with Gasteiger partial charge in [-0.15, -0.1) is 0 Å². The van der Waals surface area contributed by atoms with Gasteiger partial charge in [0.05, 0.1) is 5.02 Å². The Hall–Kier alpha value is -4.15. The van der Waals surface area contributed by atoms with Crippen LogP contribution in [0.4, 0.5) is 15.8 Å². The fourth-order valence-electron chi connectivity index (χ4n) is 2.99. The second-order valence-electron chi connectivity index (χ2n) is 7.41. The van der Waals surface area contributed by atoms with Crippen molar-refractivity contribution in [2.24, 2.45) is 0 Å². The molecule has 8 heteroatoms. The van der Waals surface area contributed by atoms with E-state index in [2.05, 4.69) is 10.6 Å². The molecule has 0 bridgehead atoms. The fourth-order valence-corrected chi connectivity index (χ4v) is 3.23. The minimum atomic E-state index is -0.537. The number of aryl methyl sites for hydroxylation is 1. The number of nitrogens with one attached hydrogen (secondary N) is 2. The molecule has 0 spiro atoms. The molecular weight excluding hydrogens is 457 g/mol. The average molecular weight is 478 g/mol. The molecule has 34 heavy (non-hydrogen) atoms. The van der Waals surface area contributed by atoms with E-state index in [1.54, 1.807) is 12.1 Å². The smallest absolute Gasteiger partial charge is 0.266 e. The molecule has 172 valence electrons. The van der Waals surface area contributed by atoms with E-state index in [1.807, 2.05) is 32.0 Å². The van der Waals surface area contributed by atoms with E-state index >= 15 is 0 Å². The summed E-state index contributed by atoms with van der Waals surface area (Å²) < 4.78 is 18.4. The summed E-state index contributed by atoms with van der Waals surface area (Å²) in [7, 11) is 0. The van der Waals surface area contributed by atoms with E-state index in [0.29, 0.717) is 16.9 Å². The molecule has 6 nitrogen and oxygen atoms in total. The second-order valence-corrected chi connectivity index (χ2v) is 7.81. The fraction of sp³-hybridized carbons (Fsp3) is 0.115. The van der Waals surface area contributed by atoms with Crippen molar-refractivity contribution in [3.63, 3.8) is 0 Å². The number of benzene rings is 3. The van der Waals surface area contributed by atoms with Gasteiger partial charge in [-0.2, -0.15) is 5.26 Å². The molecule has 0 aliphatic rings. The molecule has 0 aromatic heterocycles. The van der Waals surface area contributed by atoms with Crippen LogP contribution in [0.3, 0.4) is 0 Å². The minimum Gasteiger partial charge on any atom is -0.482 e. The van der Waals surface area contributed by atoms with Crippen LogP contribution in [-0.2, 0) is 9.59 Å². The van der Waals surface area contributed by atoms with Crippen LogP contribution in [0, 0.1) is 31.0 Å². The van der Waals surface area contributed by atoms with E-state index in [9.17, 15) is 19.2 Å². The largest absolute Gasteiger partial charge is 0.482 e. The third kappa shape index (κ3) is 6.44. The maximum atomic E-state index is 12.9. The number of hydrogen-bond acceptors (Lipinski definition) is 4. The van der Waals surface area contributed by atoms with Crippen LogP contribution in [0.1, 0.15) is 16.7 Å². The van der Waals surface area contributed by atoms with Crippen molar-refractivity contribution in [3.05, 3.63) is 93.8 Å². The first-order valence-electron chi connectivity index (χ1n) is 10.2. The van der Waals surface area contributed by atoms with Gasteiger partial charge in [0.25, 0.3) is 11.8 Å². The third-order valence-corrected chi connectivity index (χ3v) is 5.27. The van der Waals surface area contributed by atoms with Gasteiger partial charge < -0.3 is 15.4 Å². The maximum Gasteiger partial charge on any atom is 0.266 e. The van der Waals surface area contributed by atoms with E-state index in [1.165, 1.54) is 42.5 Å². The summed E-state index contributed by atoms with van der Waals surface area (Å²) in [4.78, 5) is 24.6. The zero-order valence-corrected chi connectivity index (χ0v) is 19.2. The van der Waals surface area contributed by atoms with Gasteiger partial charge in [0.2, 0.25) is 0 Å². The number of carbonyl (C=O) groups excluding carboxylic acids is 2. The Kier molecular flexibility index (Phi) is 8.01. The second kappa shape index (κ2) is 11.1. The number of amides is 2. The number of carbonyl (C=O) groups is 2. The molecule has 2 amide bonds. The van der Waals surface area contributed by atoms with Crippen molar-refractivity contribution in [1.29, 1.82) is 5.26 Å². The van der Waals surface area contributed by atoms with Crippen molar-refractivity contribution in [1.82, 2.24) is 0 Å². The topological polar surface area (TPSA) is 91.2 Å². The van der Waals surface area contributed by atoms with E-state index in [0.717, 1.165) is 11.1 Å². The number of rotatable bonds is 7. The molecule has 0 aliphatic carbocycles. The lowest BCUT2D eigenvalue weighted by molar-refractivity contribution is -0.118. The highest BCUT2D eigenvalue weighted by Gasteiger charge is 2.13. The van der Waals surface area contributed by atoms with E-state index < -0.39 is 17.6 Å². The minimum absolute atomic E-state index is 0.0932. The van der Waals surface area contributed by atoms with Gasteiger partial charge in [-0.05, 0) is 79.1 Å². The highest BCUT2D eigenvalue weighted by atomic mass is 35.5. The third-order valence-electron chi connectivity index (χ3n) is 4.97. The zero-order valence-electron chi connectivity index (χ0n) is 18.5. The molecule has 0 unspecified atom stereocenters. The van der Waals surface area contributed by atoms with Crippen molar-refractivity contribution >= 4 is 40.9 Å². The number of nitrogens with zero attached hydrogens (tertiary/aromatic N) is 1. The van der Waals surface area contributed by atoms with Gasteiger partial charge in [-0.1, -0.05) is 29.8 Å². The summed E-state index contributed by atoms with van der Waals surface area (Å²) in [5.74, 6) is -1.13. The lowest BCUT2D eigenvalue weighted by atomic mass is 10.1. The Balaban J connectivity index is 1.65.